The number of carbonyl (C=O) groups is 1. The minimum atomic E-state index is 0.164. The molecule has 1 fully saturated rings. The number of thioether (sulfide) groups is 1. The van der Waals surface area contributed by atoms with Crippen molar-refractivity contribution in [2.45, 2.75) is 24.4 Å². The molecular weight excluding hydrogens is 392 g/mol. The van der Waals surface area contributed by atoms with Gasteiger partial charge in [0.05, 0.1) is 23.4 Å². The largest absolute Gasteiger partial charge is 0.495 e. The van der Waals surface area contributed by atoms with Gasteiger partial charge >= 0.3 is 0 Å². The molecule has 8 heteroatoms. The van der Waals surface area contributed by atoms with E-state index in [1.807, 2.05) is 51.2 Å². The van der Waals surface area contributed by atoms with Gasteiger partial charge in [-0.15, -0.1) is 21.5 Å². The summed E-state index contributed by atoms with van der Waals surface area (Å²) in [5.41, 5.74) is 0.867. The molecule has 2 aromatic heterocycles. The van der Waals surface area contributed by atoms with Gasteiger partial charge in [0.2, 0.25) is 5.91 Å². The molecule has 0 aliphatic carbocycles. The van der Waals surface area contributed by atoms with E-state index in [-0.39, 0.29) is 5.91 Å². The van der Waals surface area contributed by atoms with E-state index in [2.05, 4.69) is 10.2 Å². The molecule has 0 radical (unpaired) electrons. The lowest BCUT2D eigenvalue weighted by molar-refractivity contribution is -0.129. The van der Waals surface area contributed by atoms with Crippen molar-refractivity contribution in [1.29, 1.82) is 0 Å². The molecule has 0 saturated carbocycles. The van der Waals surface area contributed by atoms with Gasteiger partial charge in [-0.1, -0.05) is 30.0 Å². The lowest BCUT2D eigenvalue weighted by Crippen LogP contribution is -2.36. The van der Waals surface area contributed by atoms with Crippen LogP contribution in [0.4, 0.5) is 0 Å². The van der Waals surface area contributed by atoms with Crippen LogP contribution in [0.3, 0.4) is 0 Å². The van der Waals surface area contributed by atoms with Gasteiger partial charge in [-0.3, -0.25) is 9.36 Å². The van der Waals surface area contributed by atoms with Crippen LogP contribution in [-0.2, 0) is 4.79 Å². The van der Waals surface area contributed by atoms with E-state index in [1.165, 1.54) is 18.2 Å². The molecule has 0 atom stereocenters. The fourth-order valence-corrected chi connectivity index (χ4v) is 4.87. The van der Waals surface area contributed by atoms with E-state index in [1.54, 1.807) is 18.4 Å². The highest BCUT2D eigenvalue weighted by Gasteiger charge is 2.22. The maximum atomic E-state index is 12.6. The highest BCUT2D eigenvalue weighted by atomic mass is 32.2. The normalized spacial score (nSPS) is 14.2. The number of nitrogens with zero attached hydrogens (tertiary/aromatic N) is 4. The standard InChI is InChI=1S/C20H22N4O2S2/c1-26-16-9-4-3-8-15(16)24-19(17-10-7-13-27-17)21-22-20(24)28-14-18(25)23-11-5-2-6-12-23/h3-4,7-10,13H,2,5-6,11-12,14H2,1H3. The summed E-state index contributed by atoms with van der Waals surface area (Å²) < 4.78 is 7.54. The Balaban J connectivity index is 1.65. The molecule has 0 bridgehead atoms. The number of ether oxygens (including phenoxy) is 1. The molecule has 28 heavy (non-hydrogen) atoms. The van der Waals surface area contributed by atoms with E-state index in [0.29, 0.717) is 10.9 Å². The van der Waals surface area contributed by atoms with E-state index < -0.39 is 0 Å². The van der Waals surface area contributed by atoms with Crippen LogP contribution in [0.25, 0.3) is 16.4 Å². The first-order chi connectivity index (χ1) is 13.8. The fraction of sp³-hybridized carbons (Fsp3) is 0.350. The number of aromatic nitrogens is 3. The highest BCUT2D eigenvalue weighted by molar-refractivity contribution is 7.99. The number of amides is 1. The highest BCUT2D eigenvalue weighted by Crippen LogP contribution is 2.34. The first-order valence-corrected chi connectivity index (χ1v) is 11.2. The van der Waals surface area contributed by atoms with Crippen molar-refractivity contribution in [1.82, 2.24) is 19.7 Å². The Morgan fingerprint density at radius 3 is 2.71 bits per heavy atom. The van der Waals surface area contributed by atoms with Gasteiger partial charge in [0.1, 0.15) is 5.75 Å². The lowest BCUT2D eigenvalue weighted by Gasteiger charge is -2.26. The third kappa shape index (κ3) is 3.93. The lowest BCUT2D eigenvalue weighted by atomic mass is 10.1. The number of likely N-dealkylation sites (tertiary alicyclic amines) is 1. The van der Waals surface area contributed by atoms with E-state index in [0.717, 1.165) is 48.1 Å². The monoisotopic (exact) mass is 414 g/mol. The summed E-state index contributed by atoms with van der Waals surface area (Å²) in [7, 11) is 1.65. The fourth-order valence-electron chi connectivity index (χ4n) is 3.32. The Hall–Kier alpha value is -2.32. The van der Waals surface area contributed by atoms with Crippen molar-refractivity contribution in [3.05, 3.63) is 41.8 Å². The average Bonchev–Trinajstić information content (AvgIpc) is 3.42. The minimum absolute atomic E-state index is 0.164. The first kappa shape index (κ1) is 19.0. The Morgan fingerprint density at radius 1 is 1.14 bits per heavy atom. The molecular formula is C20H22N4O2S2. The van der Waals surface area contributed by atoms with Crippen LogP contribution in [0.15, 0.2) is 46.9 Å². The zero-order valence-electron chi connectivity index (χ0n) is 15.7. The smallest absolute Gasteiger partial charge is 0.233 e. The number of thiophene rings is 1. The van der Waals surface area contributed by atoms with Crippen molar-refractivity contribution in [3.63, 3.8) is 0 Å². The molecule has 0 N–H and O–H groups in total. The van der Waals surface area contributed by atoms with Gasteiger partial charge in [-0.05, 0) is 42.8 Å². The molecule has 0 spiro atoms. The number of methoxy groups -OCH3 is 1. The molecule has 3 aromatic rings. The van der Waals surface area contributed by atoms with Crippen LogP contribution in [-0.4, -0.2) is 51.5 Å². The van der Waals surface area contributed by atoms with Crippen LogP contribution in [0.2, 0.25) is 0 Å². The molecule has 1 aliphatic heterocycles. The predicted molar refractivity (Wildman–Crippen MR) is 112 cm³/mol. The van der Waals surface area contributed by atoms with Crippen LogP contribution in [0, 0.1) is 0 Å². The molecule has 1 aromatic carbocycles. The van der Waals surface area contributed by atoms with Gasteiger partial charge in [0.25, 0.3) is 0 Å². The van der Waals surface area contributed by atoms with Gasteiger partial charge in [0.15, 0.2) is 11.0 Å². The Labute approximate surface area is 172 Å². The zero-order chi connectivity index (χ0) is 19.3. The average molecular weight is 415 g/mol. The second-order valence-electron chi connectivity index (χ2n) is 6.52. The van der Waals surface area contributed by atoms with Crippen molar-refractivity contribution in [2.75, 3.05) is 26.0 Å². The number of rotatable bonds is 6. The second kappa shape index (κ2) is 8.79. The van der Waals surface area contributed by atoms with Gasteiger partial charge in [0, 0.05) is 13.1 Å². The van der Waals surface area contributed by atoms with Gasteiger partial charge < -0.3 is 9.64 Å². The number of para-hydroxylation sites is 2. The number of benzene rings is 1. The molecule has 1 aliphatic rings. The topological polar surface area (TPSA) is 60.2 Å². The van der Waals surface area contributed by atoms with Crippen molar-refractivity contribution < 1.29 is 9.53 Å². The Morgan fingerprint density at radius 2 is 1.96 bits per heavy atom. The summed E-state index contributed by atoms with van der Waals surface area (Å²) in [5, 5.41) is 11.5. The summed E-state index contributed by atoms with van der Waals surface area (Å²) >= 11 is 3.04. The minimum Gasteiger partial charge on any atom is -0.495 e. The summed E-state index contributed by atoms with van der Waals surface area (Å²) in [5.74, 6) is 2.02. The maximum absolute atomic E-state index is 12.6. The molecule has 1 amide bonds. The second-order valence-corrected chi connectivity index (χ2v) is 8.41. The van der Waals surface area contributed by atoms with Crippen molar-refractivity contribution >= 4 is 29.0 Å². The number of hydrogen-bond donors (Lipinski definition) is 0. The zero-order valence-corrected chi connectivity index (χ0v) is 17.3. The first-order valence-electron chi connectivity index (χ1n) is 9.31. The molecule has 1 saturated heterocycles. The number of piperidine rings is 1. The van der Waals surface area contributed by atoms with E-state index >= 15 is 0 Å². The van der Waals surface area contributed by atoms with Gasteiger partial charge in [-0.25, -0.2) is 0 Å². The van der Waals surface area contributed by atoms with Crippen LogP contribution in [0.5, 0.6) is 5.75 Å². The summed E-state index contributed by atoms with van der Waals surface area (Å²) in [4.78, 5) is 15.6. The Bertz CT molecular complexity index is 934. The molecule has 0 unspecified atom stereocenters. The van der Waals surface area contributed by atoms with Gasteiger partial charge in [-0.2, -0.15) is 0 Å². The van der Waals surface area contributed by atoms with Crippen molar-refractivity contribution in [3.8, 4) is 22.1 Å². The molecule has 146 valence electrons. The molecule has 6 nitrogen and oxygen atoms in total. The SMILES string of the molecule is COc1ccccc1-n1c(SCC(=O)N2CCCCC2)nnc1-c1cccs1. The summed E-state index contributed by atoms with van der Waals surface area (Å²) in [6, 6.07) is 11.8. The van der Waals surface area contributed by atoms with Crippen LogP contribution >= 0.6 is 23.1 Å². The maximum Gasteiger partial charge on any atom is 0.233 e. The third-order valence-corrected chi connectivity index (χ3v) is 6.51. The van der Waals surface area contributed by atoms with E-state index in [9.17, 15) is 4.79 Å². The molecule has 4 rings (SSSR count). The number of carbonyl (C=O) groups excluding carboxylic acids is 1. The predicted octanol–water partition coefficient (Wildman–Crippen LogP) is 4.11. The molecule has 3 heterocycles. The van der Waals surface area contributed by atoms with Crippen LogP contribution < -0.4 is 4.74 Å². The Kier molecular flexibility index (Phi) is 5.97. The number of hydrogen-bond acceptors (Lipinski definition) is 6. The van der Waals surface area contributed by atoms with Crippen molar-refractivity contribution in [2.24, 2.45) is 0 Å². The van der Waals surface area contributed by atoms with E-state index in [4.69, 9.17) is 4.74 Å². The summed E-state index contributed by atoms with van der Waals surface area (Å²) in [6.07, 6.45) is 3.40. The quantitative estimate of drug-likeness (QED) is 0.568. The third-order valence-electron chi connectivity index (χ3n) is 4.73. The van der Waals surface area contributed by atoms with Crippen LogP contribution in [0.1, 0.15) is 19.3 Å². The summed E-state index contributed by atoms with van der Waals surface area (Å²) in [6.45, 7) is 1.72.